The molecule has 7 nitrogen and oxygen atoms in total. The average molecular weight is 291 g/mol. The quantitative estimate of drug-likeness (QED) is 0.570. The number of nitrogens with one attached hydrogen (secondary N) is 2. The number of hydrogen-bond donors (Lipinski definition) is 3. The molecule has 8 heteroatoms. The van der Waals surface area contributed by atoms with Crippen molar-refractivity contribution >= 4 is 17.4 Å². The van der Waals surface area contributed by atoms with Gasteiger partial charge >= 0.3 is 0 Å². The van der Waals surface area contributed by atoms with Crippen LogP contribution in [-0.4, -0.2) is 22.5 Å². The Morgan fingerprint density at radius 1 is 1.38 bits per heavy atom. The van der Waals surface area contributed by atoms with Gasteiger partial charge < -0.3 is 15.5 Å². The number of anilines is 2. The monoisotopic (exact) mass is 291 g/mol. The molecule has 2 rings (SSSR count). The van der Waals surface area contributed by atoms with Crippen LogP contribution in [0.15, 0.2) is 30.6 Å². The average Bonchev–Trinajstić information content (AvgIpc) is 2.49. The van der Waals surface area contributed by atoms with Gasteiger partial charge in [-0.25, -0.2) is 20.2 Å². The molecule has 0 saturated heterocycles. The molecule has 0 saturated carbocycles. The fraction of sp³-hybridized carbons (Fsp3) is 0.154. The molecule has 0 aliphatic carbocycles. The fourth-order valence-corrected chi connectivity index (χ4v) is 1.61. The van der Waals surface area contributed by atoms with E-state index in [1.54, 1.807) is 12.1 Å². The number of hydrazine groups is 1. The van der Waals surface area contributed by atoms with Crippen LogP contribution in [0.25, 0.3) is 0 Å². The van der Waals surface area contributed by atoms with Gasteiger partial charge in [-0.2, -0.15) is 0 Å². The van der Waals surface area contributed by atoms with Crippen molar-refractivity contribution in [3.63, 3.8) is 0 Å². The van der Waals surface area contributed by atoms with Gasteiger partial charge in [0.15, 0.2) is 11.6 Å². The summed E-state index contributed by atoms with van der Waals surface area (Å²) >= 11 is 0. The number of carbonyl (C=O) groups is 1. The molecule has 0 aliphatic rings. The van der Waals surface area contributed by atoms with Crippen molar-refractivity contribution in [2.45, 2.75) is 6.92 Å². The van der Waals surface area contributed by atoms with Gasteiger partial charge in [0.05, 0.1) is 24.1 Å². The number of pyridine rings is 2. The van der Waals surface area contributed by atoms with Gasteiger partial charge in [-0.3, -0.25) is 4.79 Å². The molecular formula is C13H14FN5O2. The van der Waals surface area contributed by atoms with E-state index < -0.39 is 11.7 Å². The molecule has 110 valence electrons. The van der Waals surface area contributed by atoms with E-state index in [-0.39, 0.29) is 11.4 Å². The highest BCUT2D eigenvalue weighted by Crippen LogP contribution is 2.17. The van der Waals surface area contributed by atoms with Crippen molar-refractivity contribution < 1.29 is 13.9 Å². The predicted octanol–water partition coefficient (Wildman–Crippen LogP) is 1.55. The number of carbonyl (C=O) groups excluding carboxylic acids is 1. The summed E-state index contributed by atoms with van der Waals surface area (Å²) < 4.78 is 19.1. The third kappa shape index (κ3) is 3.42. The van der Waals surface area contributed by atoms with Crippen molar-refractivity contribution in [2.24, 2.45) is 5.84 Å². The Balaban J connectivity index is 2.14. The second-order valence-corrected chi connectivity index (χ2v) is 3.94. The van der Waals surface area contributed by atoms with E-state index in [1.807, 2.05) is 6.92 Å². The predicted molar refractivity (Wildman–Crippen MR) is 75.4 cm³/mol. The minimum Gasteiger partial charge on any atom is -0.478 e. The van der Waals surface area contributed by atoms with Gasteiger partial charge in [-0.1, -0.05) is 0 Å². The lowest BCUT2D eigenvalue weighted by Crippen LogP contribution is -2.17. The summed E-state index contributed by atoms with van der Waals surface area (Å²) in [5.41, 5.74) is 2.33. The van der Waals surface area contributed by atoms with Gasteiger partial charge in [0.1, 0.15) is 0 Å². The van der Waals surface area contributed by atoms with Crippen molar-refractivity contribution in [1.82, 2.24) is 9.97 Å². The molecule has 2 heterocycles. The number of nitrogen functional groups attached to an aromatic ring is 1. The zero-order valence-corrected chi connectivity index (χ0v) is 11.3. The number of rotatable bonds is 5. The minimum absolute atomic E-state index is 0.174. The van der Waals surface area contributed by atoms with Gasteiger partial charge in [-0.05, 0) is 19.1 Å². The number of ether oxygens (including phenoxy) is 1. The van der Waals surface area contributed by atoms with Crippen molar-refractivity contribution in [1.29, 1.82) is 0 Å². The van der Waals surface area contributed by atoms with E-state index in [0.29, 0.717) is 18.2 Å². The summed E-state index contributed by atoms with van der Waals surface area (Å²) in [6.45, 7) is 2.34. The molecule has 1 amide bonds. The SMILES string of the molecule is CCOc1ccc(NC(=O)c2ccnc(NN)c2F)cn1. The maximum absolute atomic E-state index is 13.9. The van der Waals surface area contributed by atoms with Crippen LogP contribution in [0.2, 0.25) is 0 Å². The number of amides is 1. The Hall–Kier alpha value is -2.74. The van der Waals surface area contributed by atoms with Crippen LogP contribution in [0.5, 0.6) is 5.88 Å². The number of nitrogens with zero attached hydrogens (tertiary/aromatic N) is 2. The zero-order chi connectivity index (χ0) is 15.2. The van der Waals surface area contributed by atoms with Crippen LogP contribution in [0.1, 0.15) is 17.3 Å². The second-order valence-electron chi connectivity index (χ2n) is 3.94. The molecule has 0 aliphatic heterocycles. The maximum atomic E-state index is 13.9. The van der Waals surface area contributed by atoms with Crippen molar-refractivity contribution in [3.05, 3.63) is 42.0 Å². The highest BCUT2D eigenvalue weighted by Gasteiger charge is 2.15. The molecule has 0 aromatic carbocycles. The first-order valence-electron chi connectivity index (χ1n) is 6.17. The van der Waals surface area contributed by atoms with Crippen LogP contribution in [0.3, 0.4) is 0 Å². The lowest BCUT2D eigenvalue weighted by molar-refractivity contribution is 0.102. The Bertz CT molecular complexity index is 633. The largest absolute Gasteiger partial charge is 0.478 e. The Kier molecular flexibility index (Phi) is 4.62. The summed E-state index contributed by atoms with van der Waals surface area (Å²) in [5.74, 6) is 3.90. The molecule has 2 aromatic rings. The molecule has 0 fully saturated rings. The van der Waals surface area contributed by atoms with E-state index >= 15 is 0 Å². The van der Waals surface area contributed by atoms with E-state index in [9.17, 15) is 9.18 Å². The van der Waals surface area contributed by atoms with Gasteiger partial charge in [0.2, 0.25) is 5.88 Å². The number of nitrogens with two attached hydrogens (primary N) is 1. The summed E-state index contributed by atoms with van der Waals surface area (Å²) in [5, 5.41) is 2.53. The fourth-order valence-electron chi connectivity index (χ4n) is 1.61. The molecule has 4 N–H and O–H groups in total. The molecule has 0 bridgehead atoms. The number of hydrogen-bond acceptors (Lipinski definition) is 6. The van der Waals surface area contributed by atoms with E-state index in [4.69, 9.17) is 10.6 Å². The first-order valence-corrected chi connectivity index (χ1v) is 6.17. The van der Waals surface area contributed by atoms with Crippen molar-refractivity contribution in [3.8, 4) is 5.88 Å². The topological polar surface area (TPSA) is 102 Å². The van der Waals surface area contributed by atoms with Crippen LogP contribution < -0.4 is 21.3 Å². The third-order valence-electron chi connectivity index (χ3n) is 2.56. The number of halogens is 1. The summed E-state index contributed by atoms with van der Waals surface area (Å²) in [6, 6.07) is 4.47. The third-order valence-corrected chi connectivity index (χ3v) is 2.56. The van der Waals surface area contributed by atoms with Crippen LogP contribution >= 0.6 is 0 Å². The van der Waals surface area contributed by atoms with Crippen LogP contribution in [0.4, 0.5) is 15.9 Å². The van der Waals surface area contributed by atoms with E-state index in [0.717, 1.165) is 0 Å². The Labute approximate surface area is 120 Å². The lowest BCUT2D eigenvalue weighted by Gasteiger charge is -2.08. The van der Waals surface area contributed by atoms with Gasteiger partial charge in [-0.15, -0.1) is 0 Å². The maximum Gasteiger partial charge on any atom is 0.258 e. The second kappa shape index (κ2) is 6.62. The summed E-state index contributed by atoms with van der Waals surface area (Å²) in [4.78, 5) is 19.7. The van der Waals surface area contributed by atoms with Gasteiger partial charge in [0.25, 0.3) is 5.91 Å². The van der Waals surface area contributed by atoms with Gasteiger partial charge in [0, 0.05) is 12.3 Å². The van der Waals surface area contributed by atoms with E-state index in [1.165, 1.54) is 18.5 Å². The Morgan fingerprint density at radius 2 is 2.19 bits per heavy atom. The molecule has 0 unspecified atom stereocenters. The summed E-state index contributed by atoms with van der Waals surface area (Å²) in [6.07, 6.45) is 2.70. The molecule has 0 radical (unpaired) electrons. The standard InChI is InChI=1S/C13H14FN5O2/c1-2-21-10-4-3-8(7-17-10)18-13(20)9-5-6-16-12(19-15)11(9)14/h3-7H,2,15H2,1H3,(H,16,19)(H,18,20). The van der Waals surface area contributed by atoms with E-state index in [2.05, 4.69) is 20.7 Å². The Morgan fingerprint density at radius 3 is 2.81 bits per heavy atom. The normalized spacial score (nSPS) is 10.0. The van der Waals surface area contributed by atoms with Crippen molar-refractivity contribution in [2.75, 3.05) is 17.3 Å². The number of aromatic nitrogens is 2. The highest BCUT2D eigenvalue weighted by molar-refractivity contribution is 6.04. The first kappa shape index (κ1) is 14.7. The molecule has 0 atom stereocenters. The zero-order valence-electron chi connectivity index (χ0n) is 11.3. The lowest BCUT2D eigenvalue weighted by atomic mass is 10.2. The molecule has 21 heavy (non-hydrogen) atoms. The van der Waals surface area contributed by atoms with Crippen LogP contribution in [-0.2, 0) is 0 Å². The molecule has 0 spiro atoms. The van der Waals surface area contributed by atoms with Crippen LogP contribution in [0, 0.1) is 5.82 Å². The first-order chi connectivity index (χ1) is 10.2. The summed E-state index contributed by atoms with van der Waals surface area (Å²) in [7, 11) is 0. The smallest absolute Gasteiger partial charge is 0.258 e. The molecular weight excluding hydrogens is 277 g/mol. The highest BCUT2D eigenvalue weighted by atomic mass is 19.1. The minimum atomic E-state index is -0.823. The molecule has 2 aromatic heterocycles.